The van der Waals surface area contributed by atoms with Crippen LogP contribution >= 0.6 is 0 Å². The van der Waals surface area contributed by atoms with Crippen molar-refractivity contribution < 1.29 is 4.74 Å². The third-order valence-corrected chi connectivity index (χ3v) is 3.09. The summed E-state index contributed by atoms with van der Waals surface area (Å²) in [6.07, 6.45) is 1.03. The molecule has 0 bridgehead atoms. The van der Waals surface area contributed by atoms with Crippen LogP contribution in [-0.2, 0) is 6.54 Å². The van der Waals surface area contributed by atoms with Crippen molar-refractivity contribution in [3.63, 3.8) is 0 Å². The van der Waals surface area contributed by atoms with Gasteiger partial charge in [-0.05, 0) is 61.2 Å². The fourth-order valence-corrected chi connectivity index (χ4v) is 2.25. The van der Waals surface area contributed by atoms with Crippen LogP contribution in [0, 0.1) is 13.8 Å². The Kier molecular flexibility index (Phi) is 5.05. The van der Waals surface area contributed by atoms with Gasteiger partial charge in [0.15, 0.2) is 0 Å². The van der Waals surface area contributed by atoms with Crippen LogP contribution in [0.3, 0.4) is 0 Å². The highest BCUT2D eigenvalue weighted by Crippen LogP contribution is 2.17. The minimum Gasteiger partial charge on any atom is -0.494 e. The molecule has 20 heavy (non-hydrogen) atoms. The summed E-state index contributed by atoms with van der Waals surface area (Å²) in [5, 5.41) is 3.47. The molecule has 106 valence electrons. The molecule has 0 saturated carbocycles. The molecule has 0 spiro atoms. The maximum atomic E-state index is 5.66. The van der Waals surface area contributed by atoms with Crippen molar-refractivity contribution >= 4 is 5.69 Å². The van der Waals surface area contributed by atoms with Crippen molar-refractivity contribution in [1.82, 2.24) is 0 Å². The molecule has 0 heterocycles. The second-order valence-corrected chi connectivity index (χ2v) is 5.23. The Morgan fingerprint density at radius 1 is 1.00 bits per heavy atom. The van der Waals surface area contributed by atoms with Crippen LogP contribution in [-0.4, -0.2) is 6.61 Å². The zero-order valence-corrected chi connectivity index (χ0v) is 12.6. The Balaban J connectivity index is 1.99. The monoisotopic (exact) mass is 269 g/mol. The topological polar surface area (TPSA) is 21.3 Å². The predicted molar refractivity (Wildman–Crippen MR) is 85.5 cm³/mol. The first kappa shape index (κ1) is 14.4. The van der Waals surface area contributed by atoms with Gasteiger partial charge in [0.05, 0.1) is 6.61 Å². The highest BCUT2D eigenvalue weighted by atomic mass is 16.5. The summed E-state index contributed by atoms with van der Waals surface area (Å²) < 4.78 is 5.66. The number of benzene rings is 2. The SMILES string of the molecule is CCCOc1cccc(CNc2cc(C)cc(C)c2)c1. The summed E-state index contributed by atoms with van der Waals surface area (Å²) in [6, 6.07) is 14.8. The van der Waals surface area contributed by atoms with Crippen molar-refractivity contribution in [2.24, 2.45) is 0 Å². The van der Waals surface area contributed by atoms with Crippen LogP contribution in [0.2, 0.25) is 0 Å². The third kappa shape index (κ3) is 4.30. The van der Waals surface area contributed by atoms with E-state index < -0.39 is 0 Å². The van der Waals surface area contributed by atoms with Gasteiger partial charge in [-0.1, -0.05) is 25.1 Å². The first-order valence-electron chi connectivity index (χ1n) is 7.21. The fraction of sp³-hybridized carbons (Fsp3) is 0.333. The lowest BCUT2D eigenvalue weighted by Gasteiger charge is -2.10. The molecule has 0 saturated heterocycles. The molecule has 2 rings (SSSR count). The molecular formula is C18H23NO. The minimum atomic E-state index is 0.772. The van der Waals surface area contributed by atoms with E-state index in [0.29, 0.717) is 0 Å². The summed E-state index contributed by atoms with van der Waals surface area (Å²) in [6.45, 7) is 7.94. The van der Waals surface area contributed by atoms with Gasteiger partial charge in [-0.15, -0.1) is 0 Å². The number of aryl methyl sites for hydroxylation is 2. The van der Waals surface area contributed by atoms with E-state index in [-0.39, 0.29) is 0 Å². The molecule has 1 N–H and O–H groups in total. The van der Waals surface area contributed by atoms with Gasteiger partial charge < -0.3 is 10.1 Å². The first-order chi connectivity index (χ1) is 9.67. The second kappa shape index (κ2) is 6.99. The fourth-order valence-electron chi connectivity index (χ4n) is 2.25. The number of rotatable bonds is 6. The lowest BCUT2D eigenvalue weighted by Crippen LogP contribution is -2.01. The summed E-state index contributed by atoms with van der Waals surface area (Å²) in [5.41, 5.74) is 4.97. The standard InChI is InChI=1S/C18H23NO/c1-4-8-20-18-7-5-6-16(12-18)13-19-17-10-14(2)9-15(3)11-17/h5-7,9-12,19H,4,8,13H2,1-3H3. The molecule has 0 aromatic heterocycles. The lowest BCUT2D eigenvalue weighted by molar-refractivity contribution is 0.317. The molecule has 0 aliphatic carbocycles. The molecule has 0 fully saturated rings. The van der Waals surface area contributed by atoms with Crippen molar-refractivity contribution in [1.29, 1.82) is 0 Å². The average molecular weight is 269 g/mol. The van der Waals surface area contributed by atoms with Crippen LogP contribution in [0.4, 0.5) is 5.69 Å². The molecule has 0 radical (unpaired) electrons. The van der Waals surface area contributed by atoms with Crippen LogP contribution in [0.25, 0.3) is 0 Å². The molecular weight excluding hydrogens is 246 g/mol. The largest absolute Gasteiger partial charge is 0.494 e. The van der Waals surface area contributed by atoms with Crippen molar-refractivity contribution in [2.75, 3.05) is 11.9 Å². The van der Waals surface area contributed by atoms with Gasteiger partial charge in [0.25, 0.3) is 0 Å². The number of ether oxygens (including phenoxy) is 1. The summed E-state index contributed by atoms with van der Waals surface area (Å²) >= 11 is 0. The average Bonchev–Trinajstić information content (AvgIpc) is 2.42. The number of hydrogen-bond acceptors (Lipinski definition) is 2. The quantitative estimate of drug-likeness (QED) is 0.820. The normalized spacial score (nSPS) is 10.3. The Hall–Kier alpha value is -1.96. The first-order valence-corrected chi connectivity index (χ1v) is 7.21. The van der Waals surface area contributed by atoms with Gasteiger partial charge >= 0.3 is 0 Å². The van der Waals surface area contributed by atoms with E-state index in [4.69, 9.17) is 4.74 Å². The smallest absolute Gasteiger partial charge is 0.119 e. The van der Waals surface area contributed by atoms with Crippen molar-refractivity contribution in [3.05, 3.63) is 59.2 Å². The molecule has 2 heteroatoms. The Labute approximate surface area is 121 Å². The molecule has 0 aliphatic rings. The predicted octanol–water partition coefficient (Wildman–Crippen LogP) is 4.70. The summed E-state index contributed by atoms with van der Waals surface area (Å²) in [4.78, 5) is 0. The van der Waals surface area contributed by atoms with Gasteiger partial charge in [-0.2, -0.15) is 0 Å². The van der Waals surface area contributed by atoms with Gasteiger partial charge in [0.2, 0.25) is 0 Å². The van der Waals surface area contributed by atoms with Gasteiger partial charge in [-0.3, -0.25) is 0 Å². The van der Waals surface area contributed by atoms with Gasteiger partial charge in [0, 0.05) is 12.2 Å². The van der Waals surface area contributed by atoms with Crippen molar-refractivity contribution in [2.45, 2.75) is 33.7 Å². The van der Waals surface area contributed by atoms with E-state index in [1.165, 1.54) is 22.4 Å². The zero-order chi connectivity index (χ0) is 14.4. The lowest BCUT2D eigenvalue weighted by atomic mass is 10.1. The Morgan fingerprint density at radius 3 is 2.45 bits per heavy atom. The third-order valence-electron chi connectivity index (χ3n) is 3.09. The van der Waals surface area contributed by atoms with E-state index in [1.54, 1.807) is 0 Å². The maximum Gasteiger partial charge on any atom is 0.119 e. The van der Waals surface area contributed by atoms with E-state index in [0.717, 1.165) is 25.3 Å². The highest BCUT2D eigenvalue weighted by Gasteiger charge is 1.99. The number of anilines is 1. The number of hydrogen-bond donors (Lipinski definition) is 1. The number of nitrogens with one attached hydrogen (secondary N) is 1. The molecule has 0 atom stereocenters. The van der Waals surface area contributed by atoms with E-state index >= 15 is 0 Å². The second-order valence-electron chi connectivity index (χ2n) is 5.23. The van der Waals surface area contributed by atoms with Crippen LogP contribution in [0.1, 0.15) is 30.0 Å². The van der Waals surface area contributed by atoms with E-state index in [9.17, 15) is 0 Å². The van der Waals surface area contributed by atoms with Crippen molar-refractivity contribution in [3.8, 4) is 5.75 Å². The summed E-state index contributed by atoms with van der Waals surface area (Å²) in [5.74, 6) is 0.951. The Morgan fingerprint density at radius 2 is 1.75 bits per heavy atom. The molecule has 2 aromatic carbocycles. The molecule has 2 nitrogen and oxygen atoms in total. The maximum absolute atomic E-state index is 5.66. The van der Waals surface area contributed by atoms with E-state index in [2.05, 4.69) is 56.4 Å². The highest BCUT2D eigenvalue weighted by molar-refractivity contribution is 5.49. The van der Waals surface area contributed by atoms with Crippen LogP contribution in [0.15, 0.2) is 42.5 Å². The molecule has 2 aromatic rings. The molecule has 0 aliphatic heterocycles. The van der Waals surface area contributed by atoms with Gasteiger partial charge in [0.1, 0.15) is 5.75 Å². The minimum absolute atomic E-state index is 0.772. The Bertz CT molecular complexity index is 543. The summed E-state index contributed by atoms with van der Waals surface area (Å²) in [7, 11) is 0. The van der Waals surface area contributed by atoms with Crippen LogP contribution < -0.4 is 10.1 Å². The molecule has 0 amide bonds. The van der Waals surface area contributed by atoms with E-state index in [1.807, 2.05) is 12.1 Å². The van der Waals surface area contributed by atoms with Crippen LogP contribution in [0.5, 0.6) is 5.75 Å². The van der Waals surface area contributed by atoms with Gasteiger partial charge in [-0.25, -0.2) is 0 Å². The molecule has 0 unspecified atom stereocenters. The zero-order valence-electron chi connectivity index (χ0n) is 12.6.